The zero-order valence-electron chi connectivity index (χ0n) is 16.8. The zero-order chi connectivity index (χ0) is 23.0. The Morgan fingerprint density at radius 1 is 1.23 bits per heavy atom. The molecule has 2 heterocycles. The smallest absolute Gasteiger partial charge is 0.335 e. The Bertz CT molecular complexity index is 1060. The summed E-state index contributed by atoms with van der Waals surface area (Å²) in [5.41, 5.74) is -0.880. The number of carbonyl (C=O) groups is 1. The molecule has 2 aromatic rings. The fourth-order valence-electron chi connectivity index (χ4n) is 3.18. The van der Waals surface area contributed by atoms with Crippen LogP contribution in [0.25, 0.3) is 0 Å². The van der Waals surface area contributed by atoms with E-state index >= 15 is 0 Å². The molecule has 1 aromatic carbocycles. The molecule has 6 nitrogen and oxygen atoms in total. The number of thiazole rings is 1. The maximum absolute atomic E-state index is 13.1. The van der Waals surface area contributed by atoms with Gasteiger partial charge in [0.15, 0.2) is 0 Å². The normalized spacial score (nSPS) is 16.2. The van der Waals surface area contributed by atoms with Gasteiger partial charge in [0, 0.05) is 38.0 Å². The van der Waals surface area contributed by atoms with Crippen LogP contribution in [0.1, 0.15) is 34.9 Å². The summed E-state index contributed by atoms with van der Waals surface area (Å²) >= 11 is 6.99. The summed E-state index contributed by atoms with van der Waals surface area (Å²) in [6, 6.07) is 2.52. The predicted octanol–water partition coefficient (Wildman–Crippen LogP) is 4.16. The summed E-state index contributed by atoms with van der Waals surface area (Å²) in [6.07, 6.45) is -4.00. The van der Waals surface area contributed by atoms with Gasteiger partial charge in [0.25, 0.3) is 5.91 Å². The first kappa shape index (κ1) is 24.0. The predicted molar refractivity (Wildman–Crippen MR) is 112 cm³/mol. The molecule has 1 aromatic heterocycles. The first-order valence-corrected chi connectivity index (χ1v) is 12.2. The highest BCUT2D eigenvalue weighted by molar-refractivity contribution is 7.89. The van der Waals surface area contributed by atoms with Crippen LogP contribution in [-0.2, 0) is 22.6 Å². The van der Waals surface area contributed by atoms with Crippen molar-refractivity contribution in [2.24, 2.45) is 5.92 Å². The monoisotopic (exact) mass is 495 g/mol. The second kappa shape index (κ2) is 9.05. The van der Waals surface area contributed by atoms with Crippen molar-refractivity contribution in [1.29, 1.82) is 0 Å². The largest absolute Gasteiger partial charge is 0.417 e. The lowest BCUT2D eigenvalue weighted by Crippen LogP contribution is -2.50. The molecule has 0 unspecified atom stereocenters. The molecular weight excluding hydrogens is 475 g/mol. The van der Waals surface area contributed by atoms with E-state index in [1.54, 1.807) is 5.38 Å². The lowest BCUT2D eigenvalue weighted by Gasteiger charge is -2.33. The van der Waals surface area contributed by atoms with E-state index < -0.39 is 31.7 Å². The number of aromatic nitrogens is 1. The van der Waals surface area contributed by atoms with Gasteiger partial charge in [-0.25, -0.2) is 13.4 Å². The number of carbonyl (C=O) groups excluding carboxylic acids is 1. The van der Waals surface area contributed by atoms with E-state index in [9.17, 15) is 26.4 Å². The number of amides is 1. The first-order chi connectivity index (χ1) is 14.4. The summed E-state index contributed by atoms with van der Waals surface area (Å²) in [4.78, 5) is 18.1. The molecule has 1 amide bonds. The molecule has 0 bridgehead atoms. The maximum atomic E-state index is 13.1. The van der Waals surface area contributed by atoms with Gasteiger partial charge in [0.1, 0.15) is 5.69 Å². The molecule has 1 saturated heterocycles. The fourth-order valence-corrected chi connectivity index (χ4v) is 5.83. The minimum atomic E-state index is -4.77. The summed E-state index contributed by atoms with van der Waals surface area (Å²) in [5, 5.41) is 1.99. The molecule has 0 spiro atoms. The van der Waals surface area contributed by atoms with Gasteiger partial charge in [-0.05, 0) is 24.1 Å². The number of sulfonamides is 1. The van der Waals surface area contributed by atoms with Crippen LogP contribution in [0.4, 0.5) is 13.2 Å². The number of halogens is 4. The Kier molecular flexibility index (Phi) is 6.99. The fraction of sp³-hybridized carbons (Fsp3) is 0.474. The van der Waals surface area contributed by atoms with Crippen molar-refractivity contribution in [3.63, 3.8) is 0 Å². The quantitative estimate of drug-likeness (QED) is 0.624. The van der Waals surface area contributed by atoms with Gasteiger partial charge in [0.05, 0.1) is 20.5 Å². The van der Waals surface area contributed by atoms with Crippen LogP contribution < -0.4 is 0 Å². The third-order valence-corrected chi connectivity index (χ3v) is 7.86. The van der Waals surface area contributed by atoms with Gasteiger partial charge in [-0.3, -0.25) is 4.79 Å². The molecule has 0 N–H and O–H groups in total. The minimum absolute atomic E-state index is 0.0267. The summed E-state index contributed by atoms with van der Waals surface area (Å²) in [6.45, 7) is 4.30. The molecule has 1 fully saturated rings. The van der Waals surface area contributed by atoms with Crippen LogP contribution in [-0.4, -0.2) is 54.7 Å². The van der Waals surface area contributed by atoms with E-state index in [0.29, 0.717) is 17.7 Å². The molecule has 12 heteroatoms. The van der Waals surface area contributed by atoms with Crippen molar-refractivity contribution in [2.75, 3.05) is 26.2 Å². The summed E-state index contributed by atoms with van der Waals surface area (Å²) in [7, 11) is -4.16. The van der Waals surface area contributed by atoms with Crippen LogP contribution >= 0.6 is 22.9 Å². The second-order valence-electron chi connectivity index (χ2n) is 7.56. The highest BCUT2D eigenvalue weighted by Crippen LogP contribution is 2.36. The van der Waals surface area contributed by atoms with Crippen molar-refractivity contribution >= 4 is 38.9 Å². The third-order valence-electron chi connectivity index (χ3n) is 4.76. The van der Waals surface area contributed by atoms with Gasteiger partial charge >= 0.3 is 6.18 Å². The van der Waals surface area contributed by atoms with Gasteiger partial charge in [-0.15, -0.1) is 11.3 Å². The lowest BCUT2D eigenvalue weighted by molar-refractivity contribution is -0.137. The Morgan fingerprint density at radius 3 is 2.45 bits per heavy atom. The molecule has 1 aliphatic rings. The van der Waals surface area contributed by atoms with Crippen LogP contribution in [0, 0.1) is 5.92 Å². The van der Waals surface area contributed by atoms with E-state index in [0.717, 1.165) is 27.9 Å². The Morgan fingerprint density at radius 2 is 1.87 bits per heavy atom. The molecule has 0 atom stereocenters. The van der Waals surface area contributed by atoms with Crippen molar-refractivity contribution in [1.82, 2.24) is 14.2 Å². The zero-order valence-corrected chi connectivity index (χ0v) is 19.2. The lowest BCUT2D eigenvalue weighted by atomic mass is 10.1. The van der Waals surface area contributed by atoms with Gasteiger partial charge in [0.2, 0.25) is 10.0 Å². The highest BCUT2D eigenvalue weighted by atomic mass is 35.5. The number of rotatable bonds is 5. The van der Waals surface area contributed by atoms with E-state index in [2.05, 4.69) is 18.8 Å². The average Bonchev–Trinajstić information content (AvgIpc) is 3.14. The molecule has 0 radical (unpaired) electrons. The van der Waals surface area contributed by atoms with Crippen molar-refractivity contribution in [2.45, 2.75) is 31.3 Å². The van der Waals surface area contributed by atoms with Crippen LogP contribution in [0.2, 0.25) is 5.02 Å². The van der Waals surface area contributed by atoms with Crippen LogP contribution in [0.15, 0.2) is 28.5 Å². The Balaban J connectivity index is 1.70. The average molecular weight is 496 g/mol. The van der Waals surface area contributed by atoms with Crippen LogP contribution in [0.5, 0.6) is 0 Å². The number of hydrogen-bond donors (Lipinski definition) is 0. The molecule has 170 valence electrons. The van der Waals surface area contributed by atoms with E-state index in [-0.39, 0.29) is 32.1 Å². The topological polar surface area (TPSA) is 70.6 Å². The number of benzene rings is 1. The molecule has 0 aliphatic carbocycles. The Hall–Kier alpha value is -1.69. The van der Waals surface area contributed by atoms with Crippen LogP contribution in [0.3, 0.4) is 0 Å². The van der Waals surface area contributed by atoms with E-state index in [4.69, 9.17) is 11.6 Å². The summed E-state index contributed by atoms with van der Waals surface area (Å²) < 4.78 is 66.0. The summed E-state index contributed by atoms with van der Waals surface area (Å²) in [5.74, 6) is 0.128. The SMILES string of the molecule is CC(C)Cc1nc(C(=O)N2CCN(S(=O)(=O)c3ccc(Cl)c(C(F)(F)F)c3)CC2)cs1. The first-order valence-electron chi connectivity index (χ1n) is 9.50. The molecule has 0 saturated carbocycles. The van der Waals surface area contributed by atoms with Crippen molar-refractivity contribution in [3.05, 3.63) is 44.9 Å². The standard InChI is InChI=1S/C19H21ClF3N3O3S2/c1-12(2)9-17-24-16(11-30-17)18(27)25-5-7-26(8-6-25)31(28,29)13-3-4-15(20)14(10-13)19(21,22)23/h3-4,10-12H,5-9H2,1-2H3. The van der Waals surface area contributed by atoms with Gasteiger partial charge < -0.3 is 4.90 Å². The number of piperazine rings is 1. The van der Waals surface area contributed by atoms with Crippen molar-refractivity contribution in [3.8, 4) is 0 Å². The number of nitrogens with zero attached hydrogens (tertiary/aromatic N) is 3. The van der Waals surface area contributed by atoms with Gasteiger partial charge in [-0.2, -0.15) is 17.5 Å². The Labute approximate surface area is 187 Å². The number of alkyl halides is 3. The second-order valence-corrected chi connectivity index (χ2v) is 10.8. The van der Waals surface area contributed by atoms with Gasteiger partial charge in [-0.1, -0.05) is 25.4 Å². The maximum Gasteiger partial charge on any atom is 0.417 e. The minimum Gasteiger partial charge on any atom is -0.335 e. The highest BCUT2D eigenvalue weighted by Gasteiger charge is 2.36. The molecule has 1 aliphatic heterocycles. The molecule has 31 heavy (non-hydrogen) atoms. The third kappa shape index (κ3) is 5.39. The van der Waals surface area contributed by atoms with Crippen molar-refractivity contribution < 1.29 is 26.4 Å². The molecule has 3 rings (SSSR count). The molecular formula is C19H21ClF3N3O3S2. The van der Waals surface area contributed by atoms with E-state index in [1.807, 2.05) is 0 Å². The van der Waals surface area contributed by atoms with E-state index in [1.165, 1.54) is 16.2 Å². The number of hydrogen-bond acceptors (Lipinski definition) is 5.